The van der Waals surface area contributed by atoms with Crippen molar-refractivity contribution in [2.45, 2.75) is 25.4 Å². The quantitative estimate of drug-likeness (QED) is 0.645. The zero-order valence-electron chi connectivity index (χ0n) is 17.1. The van der Waals surface area contributed by atoms with Crippen molar-refractivity contribution in [2.75, 3.05) is 29.9 Å². The van der Waals surface area contributed by atoms with Crippen LogP contribution in [0.2, 0.25) is 0 Å². The van der Waals surface area contributed by atoms with E-state index in [-0.39, 0.29) is 11.7 Å². The zero-order valence-corrected chi connectivity index (χ0v) is 17.9. The number of anilines is 1. The highest BCUT2D eigenvalue weighted by Crippen LogP contribution is 2.14. The standard InChI is InChI=1S/C22H26FN3O4S/c23-18-6-8-19(9-7-18)24-21(27)15-31(29,30)16-22(28)25-20-10-12-26(13-11-20)14-17-4-2-1-3-5-17/h1-9,20H,10-16H2,(H,24,27)(H,25,28). The fraction of sp³-hybridized carbons (Fsp3) is 0.364. The molecule has 1 heterocycles. The fourth-order valence-corrected chi connectivity index (χ4v) is 4.58. The summed E-state index contributed by atoms with van der Waals surface area (Å²) in [5, 5.41) is 5.15. The Balaban J connectivity index is 1.40. The molecule has 9 heteroatoms. The Hall–Kier alpha value is -2.78. The number of piperidine rings is 1. The number of carbonyl (C=O) groups excluding carboxylic acids is 2. The van der Waals surface area contributed by atoms with Crippen molar-refractivity contribution >= 4 is 27.3 Å². The monoisotopic (exact) mass is 447 g/mol. The van der Waals surface area contributed by atoms with E-state index in [4.69, 9.17) is 0 Å². The van der Waals surface area contributed by atoms with E-state index in [2.05, 4.69) is 27.7 Å². The van der Waals surface area contributed by atoms with Crippen molar-refractivity contribution < 1.29 is 22.4 Å². The van der Waals surface area contributed by atoms with Gasteiger partial charge < -0.3 is 10.6 Å². The second kappa shape index (κ2) is 10.5. The average molecular weight is 448 g/mol. The van der Waals surface area contributed by atoms with Gasteiger partial charge in [-0.25, -0.2) is 12.8 Å². The molecule has 2 aromatic rings. The molecule has 2 aromatic carbocycles. The number of halogens is 1. The van der Waals surface area contributed by atoms with Crippen molar-refractivity contribution in [1.29, 1.82) is 0 Å². The number of nitrogens with zero attached hydrogens (tertiary/aromatic N) is 1. The molecule has 0 aliphatic carbocycles. The van der Waals surface area contributed by atoms with Crippen LogP contribution in [0.4, 0.5) is 10.1 Å². The maximum atomic E-state index is 12.9. The summed E-state index contributed by atoms with van der Waals surface area (Å²) in [5.74, 6) is -3.39. The molecule has 7 nitrogen and oxygen atoms in total. The highest BCUT2D eigenvalue weighted by atomic mass is 32.2. The van der Waals surface area contributed by atoms with Gasteiger partial charge in [0.1, 0.15) is 17.3 Å². The summed E-state index contributed by atoms with van der Waals surface area (Å²) in [6.07, 6.45) is 1.48. The van der Waals surface area contributed by atoms with Gasteiger partial charge in [0, 0.05) is 31.4 Å². The van der Waals surface area contributed by atoms with Crippen LogP contribution in [-0.2, 0) is 26.0 Å². The number of rotatable bonds is 8. The van der Waals surface area contributed by atoms with Gasteiger partial charge in [-0.05, 0) is 42.7 Å². The second-order valence-electron chi connectivity index (χ2n) is 7.69. The van der Waals surface area contributed by atoms with Crippen LogP contribution in [-0.4, -0.2) is 55.8 Å². The maximum Gasteiger partial charge on any atom is 0.239 e. The number of hydrogen-bond donors (Lipinski definition) is 2. The minimum atomic E-state index is -3.92. The Bertz CT molecular complexity index is 989. The summed E-state index contributed by atoms with van der Waals surface area (Å²) in [4.78, 5) is 26.4. The molecule has 2 amide bonds. The minimum absolute atomic E-state index is 0.0808. The van der Waals surface area contributed by atoms with Gasteiger partial charge in [0.05, 0.1) is 0 Å². The predicted octanol–water partition coefficient (Wildman–Crippen LogP) is 1.96. The number of benzene rings is 2. The van der Waals surface area contributed by atoms with Crippen LogP contribution >= 0.6 is 0 Å². The molecule has 2 N–H and O–H groups in total. The third-order valence-electron chi connectivity index (χ3n) is 5.03. The van der Waals surface area contributed by atoms with Gasteiger partial charge in [-0.15, -0.1) is 0 Å². The molecule has 0 saturated carbocycles. The second-order valence-corrected chi connectivity index (χ2v) is 9.76. The number of amides is 2. The number of nitrogens with one attached hydrogen (secondary N) is 2. The van der Waals surface area contributed by atoms with Crippen LogP contribution in [0.1, 0.15) is 18.4 Å². The molecule has 166 valence electrons. The van der Waals surface area contributed by atoms with Gasteiger partial charge in [-0.1, -0.05) is 30.3 Å². The number of carbonyl (C=O) groups is 2. The molecule has 1 fully saturated rings. The molecule has 3 rings (SSSR count). The fourth-order valence-electron chi connectivity index (χ4n) is 3.53. The lowest BCUT2D eigenvalue weighted by atomic mass is 10.0. The summed E-state index contributed by atoms with van der Waals surface area (Å²) in [7, 11) is -3.92. The van der Waals surface area contributed by atoms with Crippen LogP contribution < -0.4 is 10.6 Å². The summed E-state index contributed by atoms with van der Waals surface area (Å²) in [6.45, 7) is 2.47. The van der Waals surface area contributed by atoms with E-state index in [0.29, 0.717) is 0 Å². The van der Waals surface area contributed by atoms with Crippen molar-refractivity contribution in [3.05, 3.63) is 66.0 Å². The number of likely N-dealkylation sites (tertiary alicyclic amines) is 1. The first-order valence-corrected chi connectivity index (χ1v) is 11.9. The van der Waals surface area contributed by atoms with Crippen molar-refractivity contribution in [3.8, 4) is 0 Å². The summed E-state index contributed by atoms with van der Waals surface area (Å²) < 4.78 is 37.3. The van der Waals surface area contributed by atoms with Gasteiger partial charge in [-0.3, -0.25) is 14.5 Å². The highest BCUT2D eigenvalue weighted by Gasteiger charge is 2.25. The SMILES string of the molecule is O=C(CS(=O)(=O)CC(=O)NC1CCN(Cc2ccccc2)CC1)Nc1ccc(F)cc1. The molecule has 1 aliphatic rings. The summed E-state index contributed by atoms with van der Waals surface area (Å²) in [5.41, 5.74) is 1.52. The summed E-state index contributed by atoms with van der Waals surface area (Å²) >= 11 is 0. The van der Waals surface area contributed by atoms with Gasteiger partial charge in [0.25, 0.3) is 0 Å². The van der Waals surface area contributed by atoms with Crippen LogP contribution in [0.5, 0.6) is 0 Å². The van der Waals surface area contributed by atoms with Gasteiger partial charge >= 0.3 is 0 Å². The molecule has 0 spiro atoms. The Morgan fingerprint density at radius 3 is 2.19 bits per heavy atom. The Labute approximate surface area is 181 Å². The maximum absolute atomic E-state index is 12.9. The lowest BCUT2D eigenvalue weighted by Gasteiger charge is -2.32. The van der Waals surface area contributed by atoms with E-state index in [9.17, 15) is 22.4 Å². The molecule has 31 heavy (non-hydrogen) atoms. The van der Waals surface area contributed by atoms with E-state index >= 15 is 0 Å². The minimum Gasteiger partial charge on any atom is -0.352 e. The summed E-state index contributed by atoms with van der Waals surface area (Å²) in [6, 6.07) is 15.0. The normalized spacial score (nSPS) is 15.4. The smallest absolute Gasteiger partial charge is 0.239 e. The molecule has 0 radical (unpaired) electrons. The highest BCUT2D eigenvalue weighted by molar-refractivity contribution is 7.92. The molecular weight excluding hydrogens is 421 g/mol. The van der Waals surface area contributed by atoms with E-state index in [0.717, 1.165) is 44.6 Å². The number of sulfone groups is 1. The van der Waals surface area contributed by atoms with E-state index in [1.54, 1.807) is 0 Å². The Kier molecular flexibility index (Phi) is 7.75. The molecule has 1 aliphatic heterocycles. The van der Waals surface area contributed by atoms with Gasteiger partial charge in [0.15, 0.2) is 9.84 Å². The van der Waals surface area contributed by atoms with Crippen LogP contribution in [0.3, 0.4) is 0 Å². The lowest BCUT2D eigenvalue weighted by molar-refractivity contribution is -0.119. The van der Waals surface area contributed by atoms with E-state index in [1.165, 1.54) is 17.7 Å². The van der Waals surface area contributed by atoms with Crippen molar-refractivity contribution in [2.24, 2.45) is 0 Å². The van der Waals surface area contributed by atoms with Crippen LogP contribution in [0.25, 0.3) is 0 Å². The molecule has 1 saturated heterocycles. The lowest BCUT2D eigenvalue weighted by Crippen LogP contribution is -2.46. The van der Waals surface area contributed by atoms with E-state index < -0.39 is 39.0 Å². The Morgan fingerprint density at radius 1 is 0.935 bits per heavy atom. The number of hydrogen-bond acceptors (Lipinski definition) is 5. The Morgan fingerprint density at radius 2 is 1.55 bits per heavy atom. The first-order chi connectivity index (χ1) is 14.8. The van der Waals surface area contributed by atoms with E-state index in [1.807, 2.05) is 18.2 Å². The average Bonchev–Trinajstić information content (AvgIpc) is 2.71. The molecule has 0 bridgehead atoms. The van der Waals surface area contributed by atoms with Crippen LogP contribution in [0.15, 0.2) is 54.6 Å². The molecule has 0 aromatic heterocycles. The largest absolute Gasteiger partial charge is 0.352 e. The van der Waals surface area contributed by atoms with Gasteiger partial charge in [-0.2, -0.15) is 0 Å². The third-order valence-corrected chi connectivity index (χ3v) is 6.44. The first-order valence-electron chi connectivity index (χ1n) is 10.1. The molecular formula is C22H26FN3O4S. The van der Waals surface area contributed by atoms with Crippen molar-refractivity contribution in [3.63, 3.8) is 0 Å². The zero-order chi connectivity index (χ0) is 22.3. The predicted molar refractivity (Wildman–Crippen MR) is 117 cm³/mol. The third kappa shape index (κ3) is 7.76. The first kappa shape index (κ1) is 22.9. The van der Waals surface area contributed by atoms with Crippen molar-refractivity contribution in [1.82, 2.24) is 10.2 Å². The van der Waals surface area contributed by atoms with Crippen LogP contribution in [0, 0.1) is 5.82 Å². The molecule has 0 unspecified atom stereocenters. The van der Waals surface area contributed by atoms with Gasteiger partial charge in [0.2, 0.25) is 11.8 Å². The topological polar surface area (TPSA) is 95.6 Å². The molecule has 0 atom stereocenters.